The second-order valence-electron chi connectivity index (χ2n) is 6.65. The topological polar surface area (TPSA) is 12.4 Å². The molecule has 0 aliphatic carbocycles. The van der Waals surface area contributed by atoms with Gasteiger partial charge >= 0.3 is 0 Å². The molecule has 0 amide bonds. The van der Waals surface area contributed by atoms with Crippen molar-refractivity contribution < 1.29 is 8.78 Å². The van der Waals surface area contributed by atoms with E-state index < -0.39 is 11.6 Å². The van der Waals surface area contributed by atoms with Crippen molar-refractivity contribution in [2.75, 3.05) is 0 Å². The maximum atomic E-state index is 14.8. The molecule has 0 spiro atoms. The lowest BCUT2D eigenvalue weighted by Crippen LogP contribution is -1.88. The van der Waals surface area contributed by atoms with Crippen molar-refractivity contribution in [3.63, 3.8) is 0 Å². The fraction of sp³-hybridized carbons (Fsp3) is 0. The number of benzene rings is 4. The van der Waals surface area contributed by atoms with E-state index in [1.807, 2.05) is 30.3 Å². The molecular formula is C25H14F2INS. The number of hydrogen-bond donors (Lipinski definition) is 0. The Labute approximate surface area is 192 Å². The Kier molecular flexibility index (Phi) is 6.13. The van der Waals surface area contributed by atoms with Gasteiger partial charge in [-0.15, -0.1) is 0 Å². The molecule has 0 radical (unpaired) electrons. The van der Waals surface area contributed by atoms with Crippen LogP contribution >= 0.6 is 34.8 Å². The van der Waals surface area contributed by atoms with Crippen LogP contribution in [0.4, 0.5) is 14.5 Å². The van der Waals surface area contributed by atoms with Crippen LogP contribution in [0, 0.1) is 15.2 Å². The normalized spacial score (nSPS) is 10.5. The standard InChI is InChI=1S/C25H14F2INS/c26-23-13-19(7-11-22(23)20-8-12-25(29-15-30)24(27)14-20)18-3-1-16(2-4-18)17-5-9-21(28)10-6-17/h1-14H. The summed E-state index contributed by atoms with van der Waals surface area (Å²) in [5.74, 6) is -0.987. The van der Waals surface area contributed by atoms with Crippen molar-refractivity contribution in [2.45, 2.75) is 0 Å². The first kappa shape index (κ1) is 20.5. The van der Waals surface area contributed by atoms with E-state index in [9.17, 15) is 8.78 Å². The summed E-state index contributed by atoms with van der Waals surface area (Å²) in [6.07, 6.45) is 0. The van der Waals surface area contributed by atoms with Gasteiger partial charge in [-0.3, -0.25) is 0 Å². The first-order valence-corrected chi connectivity index (χ1v) is 10.6. The third-order valence-electron chi connectivity index (χ3n) is 4.79. The molecule has 0 fully saturated rings. The van der Waals surface area contributed by atoms with Crippen LogP contribution < -0.4 is 0 Å². The van der Waals surface area contributed by atoms with Gasteiger partial charge in [-0.25, -0.2) is 8.78 Å². The molecule has 1 nitrogen and oxygen atoms in total. The van der Waals surface area contributed by atoms with Gasteiger partial charge < -0.3 is 0 Å². The van der Waals surface area contributed by atoms with E-state index in [0.29, 0.717) is 11.1 Å². The molecule has 0 N–H and O–H groups in total. The molecule has 0 aliphatic rings. The maximum Gasteiger partial charge on any atom is 0.150 e. The van der Waals surface area contributed by atoms with Crippen molar-refractivity contribution in [1.29, 1.82) is 0 Å². The first-order valence-electron chi connectivity index (χ1n) is 9.09. The Morgan fingerprint density at radius 2 is 1.13 bits per heavy atom. The van der Waals surface area contributed by atoms with Gasteiger partial charge in [-0.2, -0.15) is 4.99 Å². The van der Waals surface area contributed by atoms with Crippen LogP contribution in [0.5, 0.6) is 0 Å². The zero-order valence-corrected chi connectivity index (χ0v) is 18.5. The fourth-order valence-corrected chi connectivity index (χ4v) is 3.70. The molecule has 0 bridgehead atoms. The molecule has 0 atom stereocenters. The number of hydrogen-bond acceptors (Lipinski definition) is 2. The molecule has 5 heteroatoms. The summed E-state index contributed by atoms with van der Waals surface area (Å²) in [4.78, 5) is 3.65. The van der Waals surface area contributed by atoms with E-state index in [1.54, 1.807) is 12.1 Å². The van der Waals surface area contributed by atoms with E-state index in [2.05, 4.69) is 69.2 Å². The van der Waals surface area contributed by atoms with Crippen molar-refractivity contribution in [1.82, 2.24) is 0 Å². The Morgan fingerprint density at radius 1 is 0.633 bits per heavy atom. The molecular weight excluding hydrogens is 511 g/mol. The van der Waals surface area contributed by atoms with Crippen LogP contribution in [0.15, 0.2) is 89.9 Å². The zero-order valence-electron chi connectivity index (χ0n) is 15.6. The molecule has 4 rings (SSSR count). The number of nitrogens with zero attached hydrogens (tertiary/aromatic N) is 1. The summed E-state index contributed by atoms with van der Waals surface area (Å²) in [5, 5.41) is 2.13. The molecule has 0 heterocycles. The van der Waals surface area contributed by atoms with E-state index in [0.717, 1.165) is 22.3 Å². The lowest BCUT2D eigenvalue weighted by atomic mass is 9.97. The Balaban J connectivity index is 1.62. The summed E-state index contributed by atoms with van der Waals surface area (Å²) in [6, 6.07) is 25.6. The molecule has 0 saturated heterocycles. The zero-order chi connectivity index (χ0) is 21.1. The van der Waals surface area contributed by atoms with E-state index >= 15 is 0 Å². The van der Waals surface area contributed by atoms with Crippen molar-refractivity contribution >= 4 is 45.7 Å². The van der Waals surface area contributed by atoms with Gasteiger partial charge in [0, 0.05) is 9.13 Å². The molecule has 0 aromatic heterocycles. The van der Waals surface area contributed by atoms with Crippen molar-refractivity contribution in [3.05, 3.63) is 100 Å². The van der Waals surface area contributed by atoms with Gasteiger partial charge in [0.05, 0.1) is 5.16 Å². The highest BCUT2D eigenvalue weighted by Crippen LogP contribution is 2.31. The molecule has 30 heavy (non-hydrogen) atoms. The van der Waals surface area contributed by atoms with Crippen molar-refractivity contribution in [3.8, 4) is 33.4 Å². The highest BCUT2D eigenvalue weighted by molar-refractivity contribution is 14.1. The van der Waals surface area contributed by atoms with Gasteiger partial charge in [0.15, 0.2) is 0 Å². The second-order valence-corrected chi connectivity index (χ2v) is 8.08. The van der Waals surface area contributed by atoms with Gasteiger partial charge in [-0.05, 0) is 93.0 Å². The number of aliphatic imine (C=N–C) groups is 1. The Hall–Kier alpha value is -2.73. The number of isothiocyanates is 1. The van der Waals surface area contributed by atoms with Crippen LogP contribution in [0.1, 0.15) is 0 Å². The molecule has 146 valence electrons. The average Bonchev–Trinajstić information content (AvgIpc) is 2.76. The predicted octanol–water partition coefficient (Wildman–Crippen LogP) is 8.30. The average molecular weight is 525 g/mol. The minimum Gasteiger partial charge on any atom is -0.206 e. The summed E-state index contributed by atoms with van der Waals surface area (Å²) in [6.45, 7) is 0. The summed E-state index contributed by atoms with van der Waals surface area (Å²) in [5.41, 5.74) is 4.74. The van der Waals surface area contributed by atoms with Crippen LogP contribution in [0.2, 0.25) is 0 Å². The van der Waals surface area contributed by atoms with E-state index in [-0.39, 0.29) is 5.69 Å². The van der Waals surface area contributed by atoms with Crippen LogP contribution in [0.3, 0.4) is 0 Å². The molecule has 4 aromatic rings. The fourth-order valence-electron chi connectivity index (χ4n) is 3.24. The highest BCUT2D eigenvalue weighted by Gasteiger charge is 2.10. The number of halogens is 3. The summed E-state index contributed by atoms with van der Waals surface area (Å²) in [7, 11) is 0. The van der Waals surface area contributed by atoms with E-state index in [1.165, 1.54) is 21.8 Å². The van der Waals surface area contributed by atoms with Crippen molar-refractivity contribution in [2.24, 2.45) is 4.99 Å². The Morgan fingerprint density at radius 3 is 1.70 bits per heavy atom. The summed E-state index contributed by atoms with van der Waals surface area (Å²) < 4.78 is 30.1. The van der Waals surface area contributed by atoms with Crippen LogP contribution in [-0.4, -0.2) is 5.16 Å². The number of thiocarbonyl (C=S) groups is 1. The lowest BCUT2D eigenvalue weighted by Gasteiger charge is -2.09. The third-order valence-corrected chi connectivity index (χ3v) is 5.60. The monoisotopic (exact) mass is 525 g/mol. The third kappa shape index (κ3) is 4.38. The summed E-state index contributed by atoms with van der Waals surface area (Å²) >= 11 is 6.78. The van der Waals surface area contributed by atoms with Gasteiger partial charge in [-0.1, -0.05) is 54.6 Å². The lowest BCUT2D eigenvalue weighted by molar-refractivity contribution is 0.626. The second kappa shape index (κ2) is 8.96. The minimum atomic E-state index is -0.570. The SMILES string of the molecule is Fc1cc(-c2ccc(-c3ccc(-c4ccc(I)cc4)cc3)cc2F)ccc1N=C=S. The van der Waals surface area contributed by atoms with Gasteiger partial charge in [0.1, 0.15) is 17.3 Å². The van der Waals surface area contributed by atoms with Gasteiger partial charge in [0.25, 0.3) is 0 Å². The smallest absolute Gasteiger partial charge is 0.150 e. The predicted molar refractivity (Wildman–Crippen MR) is 130 cm³/mol. The largest absolute Gasteiger partial charge is 0.206 e. The van der Waals surface area contributed by atoms with E-state index in [4.69, 9.17) is 0 Å². The number of rotatable bonds is 4. The molecule has 0 saturated carbocycles. The quantitative estimate of drug-likeness (QED) is 0.148. The van der Waals surface area contributed by atoms with Gasteiger partial charge in [0.2, 0.25) is 0 Å². The van der Waals surface area contributed by atoms with Crippen LogP contribution in [0.25, 0.3) is 33.4 Å². The molecule has 0 unspecified atom stereocenters. The first-order chi connectivity index (χ1) is 14.5. The Bertz CT molecular complexity index is 1260. The molecule has 0 aliphatic heterocycles. The maximum absolute atomic E-state index is 14.8. The highest BCUT2D eigenvalue weighted by atomic mass is 127. The minimum absolute atomic E-state index is 0.0824. The molecule has 4 aromatic carbocycles. The van der Waals surface area contributed by atoms with Crippen LogP contribution in [-0.2, 0) is 0 Å².